The second-order valence-electron chi connectivity index (χ2n) is 8.07. The molecule has 2 aromatic carbocycles. The van der Waals surface area contributed by atoms with Gasteiger partial charge in [0.25, 0.3) is 15.9 Å². The van der Waals surface area contributed by atoms with Crippen molar-refractivity contribution in [3.8, 4) is 0 Å². The fourth-order valence-electron chi connectivity index (χ4n) is 4.22. The molecule has 0 saturated heterocycles. The van der Waals surface area contributed by atoms with Crippen LogP contribution in [0.25, 0.3) is 0 Å². The molecule has 2 aromatic rings. The molecule has 5 nitrogen and oxygen atoms in total. The number of carbonyl (C=O) groups is 1. The predicted octanol–water partition coefficient (Wildman–Crippen LogP) is 4.45. The smallest absolute Gasteiger partial charge is 0.264 e. The Hall–Kier alpha value is -2.34. The molecule has 2 fully saturated rings. The maximum Gasteiger partial charge on any atom is 0.264 e. The lowest BCUT2D eigenvalue weighted by Crippen LogP contribution is -2.43. The number of nitrogens with zero attached hydrogens (tertiary/aromatic N) is 2. The molecule has 0 heterocycles. The first-order valence-corrected chi connectivity index (χ1v) is 11.9. The third kappa shape index (κ3) is 4.17. The van der Waals surface area contributed by atoms with E-state index in [1.807, 2.05) is 11.0 Å². The van der Waals surface area contributed by atoms with Gasteiger partial charge in [0.1, 0.15) is 0 Å². The minimum atomic E-state index is -3.74. The molecule has 0 bridgehead atoms. The molecular formula is C23H28N2O3S. The Labute approximate surface area is 173 Å². The monoisotopic (exact) mass is 412 g/mol. The van der Waals surface area contributed by atoms with E-state index < -0.39 is 10.0 Å². The van der Waals surface area contributed by atoms with E-state index >= 15 is 0 Å². The summed E-state index contributed by atoms with van der Waals surface area (Å²) in [7, 11) is -2.20. The number of hydrogen-bond donors (Lipinski definition) is 0. The van der Waals surface area contributed by atoms with Crippen molar-refractivity contribution < 1.29 is 13.2 Å². The van der Waals surface area contributed by atoms with E-state index in [0.29, 0.717) is 17.3 Å². The lowest BCUT2D eigenvalue weighted by Gasteiger charge is -2.34. The molecule has 0 aliphatic heterocycles. The van der Waals surface area contributed by atoms with Crippen LogP contribution in [0.2, 0.25) is 0 Å². The summed E-state index contributed by atoms with van der Waals surface area (Å²) in [6, 6.07) is 16.1. The quantitative estimate of drug-likeness (QED) is 0.704. The Bertz CT molecular complexity index is 965. The lowest BCUT2D eigenvalue weighted by atomic mass is 9.93. The molecule has 0 spiro atoms. The Balaban J connectivity index is 1.61. The summed E-state index contributed by atoms with van der Waals surface area (Å²) < 4.78 is 27.5. The molecule has 29 heavy (non-hydrogen) atoms. The normalized spacial score (nSPS) is 17.7. The van der Waals surface area contributed by atoms with Crippen LogP contribution in [0.4, 0.5) is 5.69 Å². The highest BCUT2D eigenvalue weighted by Gasteiger charge is 2.38. The Morgan fingerprint density at radius 2 is 1.52 bits per heavy atom. The molecule has 1 amide bonds. The first kappa shape index (κ1) is 20.0. The third-order valence-electron chi connectivity index (χ3n) is 6.00. The molecule has 6 heteroatoms. The first-order valence-electron chi connectivity index (χ1n) is 10.5. The molecule has 0 atom stereocenters. The zero-order valence-corrected chi connectivity index (χ0v) is 17.6. The molecule has 2 aliphatic rings. The minimum absolute atomic E-state index is 0.0289. The van der Waals surface area contributed by atoms with Crippen molar-refractivity contribution in [2.45, 2.75) is 61.9 Å². The van der Waals surface area contributed by atoms with Crippen LogP contribution in [-0.2, 0) is 10.0 Å². The van der Waals surface area contributed by atoms with Crippen LogP contribution in [-0.4, -0.2) is 38.4 Å². The van der Waals surface area contributed by atoms with Gasteiger partial charge in [0.2, 0.25) is 0 Å². The number of para-hydroxylation sites is 1. The highest BCUT2D eigenvalue weighted by atomic mass is 32.2. The van der Waals surface area contributed by atoms with Crippen LogP contribution in [0.3, 0.4) is 0 Å². The van der Waals surface area contributed by atoms with Gasteiger partial charge in [0.05, 0.1) is 10.6 Å². The average Bonchev–Trinajstić information content (AvgIpc) is 3.60. The topological polar surface area (TPSA) is 57.7 Å². The molecule has 154 valence electrons. The fraction of sp³-hybridized carbons (Fsp3) is 0.435. The Morgan fingerprint density at radius 1 is 0.862 bits per heavy atom. The van der Waals surface area contributed by atoms with Gasteiger partial charge < -0.3 is 4.90 Å². The summed E-state index contributed by atoms with van der Waals surface area (Å²) >= 11 is 0. The van der Waals surface area contributed by atoms with Gasteiger partial charge in [0, 0.05) is 24.7 Å². The molecular weight excluding hydrogens is 384 g/mol. The first-order chi connectivity index (χ1) is 14.0. The highest BCUT2D eigenvalue weighted by molar-refractivity contribution is 7.92. The van der Waals surface area contributed by atoms with E-state index in [4.69, 9.17) is 0 Å². The molecule has 0 aromatic heterocycles. The molecule has 4 rings (SSSR count). The van der Waals surface area contributed by atoms with E-state index in [1.54, 1.807) is 42.5 Å². The van der Waals surface area contributed by atoms with Crippen LogP contribution < -0.4 is 4.31 Å². The number of anilines is 1. The summed E-state index contributed by atoms with van der Waals surface area (Å²) in [5, 5.41) is 0. The van der Waals surface area contributed by atoms with Gasteiger partial charge in [-0.05, 0) is 56.0 Å². The van der Waals surface area contributed by atoms with Crippen molar-refractivity contribution in [2.24, 2.45) is 0 Å². The van der Waals surface area contributed by atoms with Crippen molar-refractivity contribution in [2.75, 3.05) is 11.4 Å². The number of amides is 1. The SMILES string of the molecule is CN(c1ccccc1)S(=O)(=O)c1cccc(C(=O)N(C2CCCCC2)C2CC2)c1. The third-order valence-corrected chi connectivity index (χ3v) is 7.78. The molecule has 0 radical (unpaired) electrons. The molecule has 2 saturated carbocycles. The number of carbonyl (C=O) groups excluding carboxylic acids is 1. The summed E-state index contributed by atoms with van der Waals surface area (Å²) in [5.41, 5.74) is 1.05. The summed E-state index contributed by atoms with van der Waals surface area (Å²) in [5.74, 6) is -0.0289. The predicted molar refractivity (Wildman–Crippen MR) is 115 cm³/mol. The zero-order valence-electron chi connectivity index (χ0n) is 16.8. The zero-order chi connectivity index (χ0) is 20.4. The van der Waals surface area contributed by atoms with Gasteiger partial charge in [-0.1, -0.05) is 43.5 Å². The number of rotatable bonds is 6. The average molecular weight is 413 g/mol. The lowest BCUT2D eigenvalue weighted by molar-refractivity contribution is 0.0613. The fourth-order valence-corrected chi connectivity index (χ4v) is 5.46. The second-order valence-corrected chi connectivity index (χ2v) is 10.0. The van der Waals surface area contributed by atoms with Crippen molar-refractivity contribution >= 4 is 21.6 Å². The van der Waals surface area contributed by atoms with Gasteiger partial charge >= 0.3 is 0 Å². The number of benzene rings is 2. The van der Waals surface area contributed by atoms with E-state index in [0.717, 1.165) is 38.5 Å². The van der Waals surface area contributed by atoms with Crippen molar-refractivity contribution in [1.82, 2.24) is 4.90 Å². The van der Waals surface area contributed by atoms with Gasteiger partial charge in [-0.15, -0.1) is 0 Å². The van der Waals surface area contributed by atoms with Crippen LogP contribution in [0.15, 0.2) is 59.5 Å². The van der Waals surface area contributed by atoms with Crippen molar-refractivity contribution in [1.29, 1.82) is 0 Å². The number of hydrogen-bond acceptors (Lipinski definition) is 3. The van der Waals surface area contributed by atoms with Gasteiger partial charge in [0.15, 0.2) is 0 Å². The summed E-state index contributed by atoms with van der Waals surface area (Å²) in [6.07, 6.45) is 7.78. The van der Waals surface area contributed by atoms with Crippen LogP contribution >= 0.6 is 0 Å². The van der Waals surface area contributed by atoms with E-state index in [2.05, 4.69) is 0 Å². The van der Waals surface area contributed by atoms with Gasteiger partial charge in [-0.25, -0.2) is 8.42 Å². The maximum absolute atomic E-state index is 13.4. The Kier molecular flexibility index (Phi) is 5.63. The number of sulfonamides is 1. The van der Waals surface area contributed by atoms with Crippen LogP contribution in [0.1, 0.15) is 55.3 Å². The van der Waals surface area contributed by atoms with E-state index in [9.17, 15) is 13.2 Å². The maximum atomic E-state index is 13.4. The van der Waals surface area contributed by atoms with E-state index in [-0.39, 0.29) is 16.8 Å². The highest BCUT2D eigenvalue weighted by Crippen LogP contribution is 2.35. The Morgan fingerprint density at radius 3 is 2.17 bits per heavy atom. The minimum Gasteiger partial charge on any atom is -0.333 e. The standard InChI is InChI=1S/C23H28N2O3S/c1-24(19-10-4-2-5-11-19)29(27,28)22-14-8-9-18(17-22)23(26)25(21-15-16-21)20-12-6-3-7-13-20/h2,4-5,8-11,14,17,20-21H,3,6-7,12-13,15-16H2,1H3. The molecule has 0 N–H and O–H groups in total. The largest absolute Gasteiger partial charge is 0.333 e. The van der Waals surface area contributed by atoms with Crippen molar-refractivity contribution in [3.05, 3.63) is 60.2 Å². The van der Waals surface area contributed by atoms with Crippen LogP contribution in [0, 0.1) is 0 Å². The van der Waals surface area contributed by atoms with Crippen molar-refractivity contribution in [3.63, 3.8) is 0 Å². The molecule has 0 unspecified atom stereocenters. The van der Waals surface area contributed by atoms with Gasteiger partial charge in [-0.2, -0.15) is 0 Å². The van der Waals surface area contributed by atoms with E-state index in [1.165, 1.54) is 23.8 Å². The van der Waals surface area contributed by atoms with Crippen LogP contribution in [0.5, 0.6) is 0 Å². The summed E-state index contributed by atoms with van der Waals surface area (Å²) in [6.45, 7) is 0. The van der Waals surface area contributed by atoms with Gasteiger partial charge in [-0.3, -0.25) is 9.10 Å². The second kappa shape index (κ2) is 8.19. The molecule has 2 aliphatic carbocycles. The summed E-state index contributed by atoms with van der Waals surface area (Å²) in [4.78, 5) is 15.6.